The van der Waals surface area contributed by atoms with Crippen molar-refractivity contribution >= 4 is 11.7 Å². The summed E-state index contributed by atoms with van der Waals surface area (Å²) in [6.45, 7) is 2.23. The van der Waals surface area contributed by atoms with Crippen LogP contribution in [-0.2, 0) is 16.0 Å². The zero-order valence-electron chi connectivity index (χ0n) is 16.3. The summed E-state index contributed by atoms with van der Waals surface area (Å²) in [4.78, 5) is 12.8. The third kappa shape index (κ3) is 3.15. The van der Waals surface area contributed by atoms with Gasteiger partial charge in [0.1, 0.15) is 17.5 Å². The Balaban J connectivity index is 1.54. The molecule has 0 amide bonds. The quantitative estimate of drug-likeness (QED) is 0.623. The van der Waals surface area contributed by atoms with E-state index >= 15 is 0 Å². The Labute approximate surface area is 170 Å². The normalized spacial score (nSPS) is 21.3. The summed E-state index contributed by atoms with van der Waals surface area (Å²) in [5.74, 6) is 1.71. The summed E-state index contributed by atoms with van der Waals surface area (Å²) in [5.41, 5.74) is 4.72. The Kier molecular flexibility index (Phi) is 4.47. The molecule has 5 rings (SSSR count). The molecule has 0 aromatic heterocycles. The fourth-order valence-electron chi connectivity index (χ4n) is 4.70. The van der Waals surface area contributed by atoms with Crippen molar-refractivity contribution in [2.45, 2.75) is 31.2 Å². The molecule has 3 aromatic rings. The smallest absolute Gasteiger partial charge is 0.329 e. The molecule has 2 aliphatic rings. The number of hydrogen-bond donors (Lipinski definition) is 1. The summed E-state index contributed by atoms with van der Waals surface area (Å²) < 4.78 is 11.5. The van der Waals surface area contributed by atoms with E-state index in [0.29, 0.717) is 6.61 Å². The van der Waals surface area contributed by atoms with Gasteiger partial charge in [-0.3, -0.25) is 0 Å². The van der Waals surface area contributed by atoms with Crippen LogP contribution >= 0.6 is 0 Å². The van der Waals surface area contributed by atoms with Crippen molar-refractivity contribution < 1.29 is 14.3 Å². The van der Waals surface area contributed by atoms with Gasteiger partial charge in [-0.25, -0.2) is 4.79 Å². The predicted octanol–water partition coefficient (Wildman–Crippen LogP) is 5.26. The third-order valence-electron chi connectivity index (χ3n) is 5.90. The van der Waals surface area contributed by atoms with Gasteiger partial charge in [-0.05, 0) is 66.3 Å². The van der Waals surface area contributed by atoms with Crippen molar-refractivity contribution in [3.63, 3.8) is 0 Å². The number of para-hydroxylation sites is 1. The number of carbonyl (C=O) groups is 1. The van der Waals surface area contributed by atoms with E-state index in [-0.39, 0.29) is 23.8 Å². The number of anilines is 1. The van der Waals surface area contributed by atoms with E-state index in [0.717, 1.165) is 23.6 Å². The van der Waals surface area contributed by atoms with Crippen molar-refractivity contribution in [3.05, 3.63) is 89.5 Å². The van der Waals surface area contributed by atoms with Gasteiger partial charge in [-0.1, -0.05) is 42.5 Å². The average molecular weight is 385 g/mol. The van der Waals surface area contributed by atoms with E-state index in [1.165, 1.54) is 16.7 Å². The minimum Gasteiger partial charge on any atom is -0.464 e. The van der Waals surface area contributed by atoms with Gasteiger partial charge in [-0.2, -0.15) is 0 Å². The first-order valence-corrected chi connectivity index (χ1v) is 10.1. The van der Waals surface area contributed by atoms with Crippen LogP contribution in [-0.4, -0.2) is 18.6 Å². The number of nitrogens with one attached hydrogen (secondary N) is 1. The highest BCUT2D eigenvalue weighted by atomic mass is 16.5. The topological polar surface area (TPSA) is 47.6 Å². The first-order valence-electron chi connectivity index (χ1n) is 10.1. The molecule has 0 saturated heterocycles. The maximum Gasteiger partial charge on any atom is 0.329 e. The Morgan fingerprint density at radius 3 is 2.59 bits per heavy atom. The fourth-order valence-corrected chi connectivity index (χ4v) is 4.70. The molecule has 3 atom stereocenters. The molecule has 29 heavy (non-hydrogen) atoms. The molecule has 146 valence electrons. The molecule has 0 saturated carbocycles. The first kappa shape index (κ1) is 17.8. The van der Waals surface area contributed by atoms with Gasteiger partial charge < -0.3 is 14.8 Å². The van der Waals surface area contributed by atoms with Crippen LogP contribution in [0.4, 0.5) is 5.69 Å². The van der Waals surface area contributed by atoms with Gasteiger partial charge in [0.15, 0.2) is 0 Å². The van der Waals surface area contributed by atoms with Crippen molar-refractivity contribution in [3.8, 4) is 11.5 Å². The second-order valence-corrected chi connectivity index (χ2v) is 7.57. The molecule has 1 N–H and O–H groups in total. The van der Waals surface area contributed by atoms with Crippen LogP contribution in [0.2, 0.25) is 0 Å². The molecular weight excluding hydrogens is 362 g/mol. The Hall–Kier alpha value is -3.27. The molecule has 0 bridgehead atoms. The van der Waals surface area contributed by atoms with Gasteiger partial charge in [0.2, 0.25) is 0 Å². The van der Waals surface area contributed by atoms with Crippen LogP contribution in [0.1, 0.15) is 35.4 Å². The molecule has 4 nitrogen and oxygen atoms in total. The molecule has 1 aliphatic carbocycles. The van der Waals surface area contributed by atoms with Crippen molar-refractivity contribution in [1.29, 1.82) is 0 Å². The summed E-state index contributed by atoms with van der Waals surface area (Å²) in [5, 5.41) is 3.45. The van der Waals surface area contributed by atoms with Gasteiger partial charge in [-0.15, -0.1) is 0 Å². The Morgan fingerprint density at radius 2 is 1.76 bits per heavy atom. The highest BCUT2D eigenvalue weighted by Gasteiger charge is 2.46. The Bertz CT molecular complexity index is 1050. The summed E-state index contributed by atoms with van der Waals surface area (Å²) in [6, 6.07) is 23.9. The highest BCUT2D eigenvalue weighted by Crippen LogP contribution is 2.52. The molecule has 0 fully saturated rings. The largest absolute Gasteiger partial charge is 0.464 e. The van der Waals surface area contributed by atoms with Gasteiger partial charge in [0, 0.05) is 11.6 Å². The molecule has 3 unspecified atom stereocenters. The number of ether oxygens (including phenoxy) is 2. The van der Waals surface area contributed by atoms with E-state index in [9.17, 15) is 4.79 Å². The second kappa shape index (κ2) is 7.28. The number of rotatable bonds is 4. The summed E-state index contributed by atoms with van der Waals surface area (Å²) in [7, 11) is 0. The molecule has 4 heteroatoms. The number of esters is 1. The van der Waals surface area contributed by atoms with E-state index in [1.807, 2.05) is 55.5 Å². The standard InChI is InChI=1S/C25H23NO3/c1-2-28-25(27)24-23-19-11-7-6-8-16(19)14-21(23)20-15-18(12-13-22(20)26-24)29-17-9-4-3-5-10-17/h3-13,15,21,23-24,26H,2,14H2,1H3. The highest BCUT2D eigenvalue weighted by molar-refractivity contribution is 5.84. The van der Waals surface area contributed by atoms with Crippen molar-refractivity contribution in [1.82, 2.24) is 0 Å². The minimum atomic E-state index is -0.378. The van der Waals surface area contributed by atoms with E-state index in [4.69, 9.17) is 9.47 Å². The van der Waals surface area contributed by atoms with Crippen molar-refractivity contribution in [2.75, 3.05) is 11.9 Å². The molecule has 3 aromatic carbocycles. The molecule has 0 spiro atoms. The molecular formula is C25H23NO3. The zero-order valence-corrected chi connectivity index (χ0v) is 16.3. The lowest BCUT2D eigenvalue weighted by Gasteiger charge is -2.36. The Morgan fingerprint density at radius 1 is 0.966 bits per heavy atom. The number of benzene rings is 3. The van der Waals surface area contributed by atoms with Crippen molar-refractivity contribution in [2.24, 2.45) is 0 Å². The first-order chi connectivity index (χ1) is 14.2. The SMILES string of the molecule is CCOC(=O)C1Nc2ccc(Oc3ccccc3)cc2C2Cc3ccccc3C12. The van der Waals surface area contributed by atoms with Gasteiger partial charge >= 0.3 is 5.97 Å². The predicted molar refractivity (Wildman–Crippen MR) is 113 cm³/mol. The number of fused-ring (bicyclic) bond motifs is 5. The zero-order chi connectivity index (χ0) is 19.8. The van der Waals surface area contributed by atoms with Crippen LogP contribution in [0.5, 0.6) is 11.5 Å². The number of hydrogen-bond acceptors (Lipinski definition) is 4. The second-order valence-electron chi connectivity index (χ2n) is 7.57. The van der Waals surface area contributed by atoms with E-state index in [1.54, 1.807) is 0 Å². The summed E-state index contributed by atoms with van der Waals surface area (Å²) in [6.07, 6.45) is 0.917. The van der Waals surface area contributed by atoms with E-state index in [2.05, 4.69) is 29.6 Å². The maximum absolute atomic E-state index is 12.8. The molecule has 0 radical (unpaired) electrons. The van der Waals surface area contributed by atoms with Gasteiger partial charge in [0.05, 0.1) is 6.61 Å². The third-order valence-corrected chi connectivity index (χ3v) is 5.90. The molecule has 1 aliphatic heterocycles. The lowest BCUT2D eigenvalue weighted by atomic mass is 9.77. The minimum absolute atomic E-state index is 0.0599. The maximum atomic E-state index is 12.8. The fraction of sp³-hybridized carbons (Fsp3) is 0.240. The van der Waals surface area contributed by atoms with Crippen LogP contribution < -0.4 is 10.1 Å². The summed E-state index contributed by atoms with van der Waals surface area (Å²) >= 11 is 0. The van der Waals surface area contributed by atoms with E-state index < -0.39 is 0 Å². The van der Waals surface area contributed by atoms with Crippen LogP contribution in [0.25, 0.3) is 0 Å². The van der Waals surface area contributed by atoms with Crippen LogP contribution in [0.15, 0.2) is 72.8 Å². The lowest BCUT2D eigenvalue weighted by molar-refractivity contribution is -0.144. The number of carbonyl (C=O) groups excluding carboxylic acids is 1. The van der Waals surface area contributed by atoms with Crippen LogP contribution in [0, 0.1) is 0 Å². The van der Waals surface area contributed by atoms with Crippen LogP contribution in [0.3, 0.4) is 0 Å². The van der Waals surface area contributed by atoms with Gasteiger partial charge in [0.25, 0.3) is 0 Å². The molecule has 1 heterocycles. The average Bonchev–Trinajstić information content (AvgIpc) is 3.14. The monoisotopic (exact) mass is 385 g/mol. The lowest BCUT2D eigenvalue weighted by Crippen LogP contribution is -2.41.